The first-order chi connectivity index (χ1) is 16.8. The quantitative estimate of drug-likeness (QED) is 0.413. The largest absolute Gasteiger partial charge is 0.489 e. The van der Waals surface area contributed by atoms with Gasteiger partial charge in [0.25, 0.3) is 0 Å². The van der Waals surface area contributed by atoms with E-state index in [0.717, 1.165) is 42.5 Å². The zero-order valence-electron chi connectivity index (χ0n) is 18.9. The molecule has 0 spiro atoms. The summed E-state index contributed by atoms with van der Waals surface area (Å²) in [6, 6.07) is 9.43. The van der Waals surface area contributed by atoms with Crippen molar-refractivity contribution in [3.05, 3.63) is 64.2 Å². The van der Waals surface area contributed by atoms with E-state index in [2.05, 4.69) is 20.8 Å². The molecule has 0 aliphatic heterocycles. The summed E-state index contributed by atoms with van der Waals surface area (Å²) < 4.78 is 38.7. The van der Waals surface area contributed by atoms with Gasteiger partial charge in [-0.15, -0.1) is 11.6 Å². The third-order valence-electron chi connectivity index (χ3n) is 5.44. The molecule has 35 heavy (non-hydrogen) atoms. The lowest BCUT2D eigenvalue weighted by Crippen LogP contribution is -2.23. The highest BCUT2D eigenvalue weighted by Crippen LogP contribution is 2.34. The van der Waals surface area contributed by atoms with Crippen LogP contribution in [-0.2, 0) is 34.2 Å². The van der Waals surface area contributed by atoms with Crippen LogP contribution < -0.4 is 9.46 Å². The van der Waals surface area contributed by atoms with Gasteiger partial charge in [0, 0.05) is 30.2 Å². The molecule has 0 saturated carbocycles. The Labute approximate surface area is 213 Å². The van der Waals surface area contributed by atoms with Gasteiger partial charge < -0.3 is 14.0 Å². The molecule has 3 aromatic rings. The molecule has 184 valence electrons. The van der Waals surface area contributed by atoms with E-state index in [9.17, 15) is 13.7 Å². The molecular weight excluding hydrogens is 513 g/mol. The molecule has 1 N–H and O–H groups in total. The molecule has 1 unspecified atom stereocenters. The Morgan fingerprint density at radius 2 is 2.17 bits per heavy atom. The number of rotatable bonds is 9. The van der Waals surface area contributed by atoms with Gasteiger partial charge >= 0.3 is 0 Å². The van der Waals surface area contributed by atoms with E-state index in [0.29, 0.717) is 27.9 Å². The highest BCUT2D eigenvalue weighted by atomic mass is 35.5. The Balaban J connectivity index is 1.45. The van der Waals surface area contributed by atoms with Crippen molar-refractivity contribution in [1.29, 1.82) is 5.26 Å². The first kappa shape index (κ1) is 25.3. The van der Waals surface area contributed by atoms with Crippen molar-refractivity contribution in [2.24, 2.45) is 0 Å². The first-order valence-electron chi connectivity index (χ1n) is 10.8. The van der Waals surface area contributed by atoms with Gasteiger partial charge in [-0.3, -0.25) is 4.72 Å². The number of hydrogen-bond acceptors (Lipinski definition) is 7. The highest BCUT2D eigenvalue weighted by Gasteiger charge is 2.24. The van der Waals surface area contributed by atoms with Gasteiger partial charge in [0.15, 0.2) is 5.75 Å². The van der Waals surface area contributed by atoms with E-state index in [1.54, 1.807) is 18.2 Å². The lowest BCUT2D eigenvalue weighted by atomic mass is 9.95. The standard InChI is InChI=1S/C23H23Cl2N5O4S/c1-35(31,32)29-23-27-7-4-17(28-23)14-34-19-2-3-21-15(11-19)5-8-30(21)18-10-16(13-26)22(20(25)12-18)33-9-6-24/h4-5,7-8,10,12,19H,2-3,6,9,11,14H2,1H3,(H,27,28,29). The number of anilines is 1. The second-order valence-corrected chi connectivity index (χ2v) is 10.6. The zero-order chi connectivity index (χ0) is 25.0. The lowest BCUT2D eigenvalue weighted by Gasteiger charge is -2.24. The van der Waals surface area contributed by atoms with Crippen LogP contribution >= 0.6 is 23.2 Å². The smallest absolute Gasteiger partial charge is 0.236 e. The van der Waals surface area contributed by atoms with Crippen LogP contribution in [0.25, 0.3) is 5.69 Å². The normalized spacial score (nSPS) is 15.3. The number of ether oxygens (including phenoxy) is 2. The Morgan fingerprint density at radius 1 is 1.34 bits per heavy atom. The number of alkyl halides is 1. The summed E-state index contributed by atoms with van der Waals surface area (Å²) in [5, 5.41) is 9.93. The van der Waals surface area contributed by atoms with Gasteiger partial charge in [-0.25, -0.2) is 18.4 Å². The van der Waals surface area contributed by atoms with Gasteiger partial charge in [-0.2, -0.15) is 5.26 Å². The van der Waals surface area contributed by atoms with Crippen molar-refractivity contribution >= 4 is 39.2 Å². The van der Waals surface area contributed by atoms with Crippen molar-refractivity contribution in [2.45, 2.75) is 32.0 Å². The summed E-state index contributed by atoms with van der Waals surface area (Å²) in [6.07, 6.45) is 6.79. The molecule has 0 saturated heterocycles. The molecule has 12 heteroatoms. The molecule has 1 aliphatic rings. The molecule has 4 rings (SSSR count). The zero-order valence-corrected chi connectivity index (χ0v) is 21.2. The second-order valence-electron chi connectivity index (χ2n) is 8.03. The minimum atomic E-state index is -3.45. The first-order valence-corrected chi connectivity index (χ1v) is 13.6. The average Bonchev–Trinajstić information content (AvgIpc) is 3.24. The van der Waals surface area contributed by atoms with Crippen molar-refractivity contribution < 1.29 is 17.9 Å². The van der Waals surface area contributed by atoms with Crippen molar-refractivity contribution in [2.75, 3.05) is 23.5 Å². The van der Waals surface area contributed by atoms with E-state index in [1.165, 1.54) is 6.20 Å². The second kappa shape index (κ2) is 10.8. The van der Waals surface area contributed by atoms with E-state index >= 15 is 0 Å². The number of sulfonamides is 1. The van der Waals surface area contributed by atoms with Gasteiger partial charge in [0.2, 0.25) is 16.0 Å². The van der Waals surface area contributed by atoms with Gasteiger partial charge in [0.1, 0.15) is 12.7 Å². The third kappa shape index (κ3) is 6.24. The molecular formula is C23H23Cl2N5O4S. The maximum atomic E-state index is 11.4. The number of nitrogens with one attached hydrogen (secondary N) is 1. The van der Waals surface area contributed by atoms with Gasteiger partial charge in [0.05, 0.1) is 41.1 Å². The summed E-state index contributed by atoms with van der Waals surface area (Å²) in [7, 11) is -3.45. The number of nitrogens with zero attached hydrogens (tertiary/aromatic N) is 4. The molecule has 2 aromatic heterocycles. The van der Waals surface area contributed by atoms with Gasteiger partial charge in [-0.05, 0) is 42.7 Å². The summed E-state index contributed by atoms with van der Waals surface area (Å²) in [6.45, 7) is 0.507. The maximum Gasteiger partial charge on any atom is 0.236 e. The fourth-order valence-corrected chi connectivity index (χ4v) is 4.76. The fraction of sp³-hybridized carbons (Fsp3) is 0.348. The molecule has 0 radical (unpaired) electrons. The Kier molecular flexibility index (Phi) is 7.82. The summed E-state index contributed by atoms with van der Waals surface area (Å²) in [5.74, 6) is 0.659. The van der Waals surface area contributed by atoms with Crippen molar-refractivity contribution in [3.63, 3.8) is 0 Å². The van der Waals surface area contributed by atoms with E-state index in [-0.39, 0.29) is 25.3 Å². The molecule has 1 aromatic carbocycles. The summed E-state index contributed by atoms with van der Waals surface area (Å²) in [4.78, 5) is 8.11. The van der Waals surface area contributed by atoms with Crippen LogP contribution in [0.3, 0.4) is 0 Å². The molecule has 2 heterocycles. The third-order valence-corrected chi connectivity index (χ3v) is 6.43. The summed E-state index contributed by atoms with van der Waals surface area (Å²) >= 11 is 12.1. The predicted molar refractivity (Wildman–Crippen MR) is 133 cm³/mol. The SMILES string of the molecule is CS(=O)(=O)Nc1nccc(COC2CCc3c(ccn3-c3cc(Cl)c(OCCCl)c(C#N)c3)C2)n1. The molecule has 9 nitrogen and oxygen atoms in total. The Morgan fingerprint density at radius 3 is 2.91 bits per heavy atom. The minimum absolute atomic E-state index is 0.00998. The molecule has 0 bridgehead atoms. The van der Waals surface area contributed by atoms with Crippen LogP contribution in [0.5, 0.6) is 5.75 Å². The summed E-state index contributed by atoms with van der Waals surface area (Å²) in [5.41, 5.74) is 4.02. The molecule has 1 aliphatic carbocycles. The molecule has 1 atom stereocenters. The topological polar surface area (TPSA) is 119 Å². The Bertz CT molecular complexity index is 1370. The average molecular weight is 536 g/mol. The fourth-order valence-electron chi connectivity index (χ4n) is 3.98. The molecule has 0 fully saturated rings. The number of benzene rings is 1. The number of aromatic nitrogens is 3. The molecule has 0 amide bonds. The van der Waals surface area contributed by atoms with Crippen LogP contribution in [0.4, 0.5) is 5.95 Å². The number of nitriles is 1. The van der Waals surface area contributed by atoms with Crippen molar-refractivity contribution in [3.8, 4) is 17.5 Å². The van der Waals surface area contributed by atoms with Gasteiger partial charge in [-0.1, -0.05) is 11.6 Å². The van der Waals surface area contributed by atoms with Crippen LogP contribution in [0, 0.1) is 11.3 Å². The van der Waals surface area contributed by atoms with Crippen LogP contribution in [0.2, 0.25) is 5.02 Å². The number of hydrogen-bond donors (Lipinski definition) is 1. The monoisotopic (exact) mass is 535 g/mol. The Hall–Kier alpha value is -2.84. The van der Waals surface area contributed by atoms with Crippen LogP contribution in [-0.4, -0.2) is 47.8 Å². The van der Waals surface area contributed by atoms with E-state index in [1.807, 2.05) is 16.8 Å². The minimum Gasteiger partial charge on any atom is -0.489 e. The highest BCUT2D eigenvalue weighted by molar-refractivity contribution is 7.91. The maximum absolute atomic E-state index is 11.4. The van der Waals surface area contributed by atoms with E-state index in [4.69, 9.17) is 32.7 Å². The number of fused-ring (bicyclic) bond motifs is 1. The predicted octanol–water partition coefficient (Wildman–Crippen LogP) is 3.86. The van der Waals surface area contributed by atoms with Crippen LogP contribution in [0.15, 0.2) is 36.7 Å². The lowest BCUT2D eigenvalue weighted by molar-refractivity contribution is 0.0298. The van der Waals surface area contributed by atoms with Crippen molar-refractivity contribution in [1.82, 2.24) is 14.5 Å². The van der Waals surface area contributed by atoms with Crippen LogP contribution in [0.1, 0.15) is 28.9 Å². The van der Waals surface area contributed by atoms with E-state index < -0.39 is 10.0 Å². The number of halogens is 2.